The molecule has 0 unspecified atom stereocenters. The summed E-state index contributed by atoms with van der Waals surface area (Å²) in [7, 11) is 0. The van der Waals surface area contributed by atoms with Gasteiger partial charge >= 0.3 is 6.09 Å². The normalized spacial score (nSPS) is 13.7. The zero-order valence-electron chi connectivity index (χ0n) is 14.8. The first-order valence-corrected chi connectivity index (χ1v) is 8.36. The van der Waals surface area contributed by atoms with Crippen molar-refractivity contribution in [1.82, 2.24) is 10.6 Å². The van der Waals surface area contributed by atoms with Crippen LogP contribution < -0.4 is 16.0 Å². The number of amides is 3. The molecule has 3 N–H and O–H groups in total. The van der Waals surface area contributed by atoms with Crippen molar-refractivity contribution in [2.75, 3.05) is 11.9 Å². The van der Waals surface area contributed by atoms with Crippen LogP contribution in [0.1, 0.15) is 39.2 Å². The van der Waals surface area contributed by atoms with Gasteiger partial charge in [-0.15, -0.1) is 0 Å². The van der Waals surface area contributed by atoms with E-state index in [0.29, 0.717) is 12.2 Å². The number of rotatable bonds is 6. The highest BCUT2D eigenvalue weighted by atomic mass is 16.6. The second-order valence-corrected chi connectivity index (χ2v) is 7.09. The molecule has 1 saturated carbocycles. The van der Waals surface area contributed by atoms with Gasteiger partial charge in [0.1, 0.15) is 12.1 Å². The van der Waals surface area contributed by atoms with Crippen molar-refractivity contribution in [3.63, 3.8) is 0 Å². The van der Waals surface area contributed by atoms with Crippen LogP contribution in [0.4, 0.5) is 10.5 Å². The summed E-state index contributed by atoms with van der Waals surface area (Å²) in [6, 6.07) is 7.18. The Kier molecular flexibility index (Phi) is 6.01. The Labute approximate surface area is 147 Å². The lowest BCUT2D eigenvalue weighted by Gasteiger charge is -2.19. The number of benzene rings is 1. The minimum Gasteiger partial charge on any atom is -0.444 e. The summed E-state index contributed by atoms with van der Waals surface area (Å²) >= 11 is 0. The number of alkyl carbamates (subject to hydrolysis) is 1. The van der Waals surface area contributed by atoms with Crippen molar-refractivity contribution in [3.05, 3.63) is 29.8 Å². The number of hydrogen-bond acceptors (Lipinski definition) is 4. The van der Waals surface area contributed by atoms with Gasteiger partial charge in [0.2, 0.25) is 11.8 Å². The van der Waals surface area contributed by atoms with Crippen molar-refractivity contribution >= 4 is 23.6 Å². The predicted molar refractivity (Wildman–Crippen MR) is 93.9 cm³/mol. The quantitative estimate of drug-likeness (QED) is 0.735. The fraction of sp³-hybridized carbons (Fsp3) is 0.500. The van der Waals surface area contributed by atoms with E-state index in [4.69, 9.17) is 4.74 Å². The molecule has 7 heteroatoms. The highest BCUT2D eigenvalue weighted by molar-refractivity contribution is 5.93. The van der Waals surface area contributed by atoms with Crippen LogP contribution in [0.25, 0.3) is 0 Å². The first kappa shape index (κ1) is 18.8. The molecule has 0 atom stereocenters. The van der Waals surface area contributed by atoms with Crippen LogP contribution in [0, 0.1) is 5.92 Å². The first-order chi connectivity index (χ1) is 11.7. The Morgan fingerprint density at radius 2 is 1.72 bits per heavy atom. The minimum atomic E-state index is -0.635. The second-order valence-electron chi connectivity index (χ2n) is 7.09. The molecule has 136 valence electrons. The smallest absolute Gasteiger partial charge is 0.408 e. The van der Waals surface area contributed by atoms with Gasteiger partial charge < -0.3 is 20.7 Å². The second kappa shape index (κ2) is 8.00. The summed E-state index contributed by atoms with van der Waals surface area (Å²) in [6.45, 7) is 5.56. The van der Waals surface area contributed by atoms with Crippen LogP contribution in [-0.4, -0.2) is 30.1 Å². The molecule has 1 aromatic rings. The average molecular weight is 347 g/mol. The topological polar surface area (TPSA) is 96.5 Å². The van der Waals surface area contributed by atoms with Gasteiger partial charge in [-0.05, 0) is 51.3 Å². The number of hydrogen-bond donors (Lipinski definition) is 3. The highest BCUT2D eigenvalue weighted by Crippen LogP contribution is 2.28. The number of carbonyl (C=O) groups is 3. The minimum absolute atomic E-state index is 0.102. The Morgan fingerprint density at radius 3 is 2.28 bits per heavy atom. The number of anilines is 1. The van der Waals surface area contributed by atoms with Gasteiger partial charge in [-0.25, -0.2) is 4.79 Å². The molecule has 1 aromatic carbocycles. The van der Waals surface area contributed by atoms with Crippen LogP contribution in [0.15, 0.2) is 24.3 Å². The largest absolute Gasteiger partial charge is 0.444 e. The molecule has 0 radical (unpaired) electrons. The summed E-state index contributed by atoms with van der Waals surface area (Å²) in [5.74, 6) is -0.0534. The van der Waals surface area contributed by atoms with Crippen LogP contribution in [0.5, 0.6) is 0 Å². The molecule has 1 aliphatic rings. The third-order valence-corrected chi connectivity index (χ3v) is 3.44. The highest BCUT2D eigenvalue weighted by Gasteiger charge is 2.29. The lowest BCUT2D eigenvalue weighted by atomic mass is 10.2. The molecule has 0 aliphatic heterocycles. The van der Waals surface area contributed by atoms with Crippen molar-refractivity contribution in [3.8, 4) is 0 Å². The number of ether oxygens (including phenoxy) is 1. The van der Waals surface area contributed by atoms with Crippen LogP contribution in [0.2, 0.25) is 0 Å². The van der Waals surface area contributed by atoms with Gasteiger partial charge in [-0.1, -0.05) is 12.1 Å². The molecule has 3 amide bonds. The summed E-state index contributed by atoms with van der Waals surface area (Å²) < 4.78 is 5.06. The van der Waals surface area contributed by atoms with Crippen molar-refractivity contribution < 1.29 is 19.1 Å². The maximum atomic E-state index is 11.8. The van der Waals surface area contributed by atoms with Gasteiger partial charge in [0.05, 0.1) is 0 Å². The van der Waals surface area contributed by atoms with E-state index in [1.165, 1.54) is 0 Å². The molecule has 0 heterocycles. The van der Waals surface area contributed by atoms with E-state index in [-0.39, 0.29) is 24.3 Å². The van der Waals surface area contributed by atoms with Gasteiger partial charge in [0.25, 0.3) is 0 Å². The lowest BCUT2D eigenvalue weighted by Crippen LogP contribution is -2.37. The van der Waals surface area contributed by atoms with E-state index < -0.39 is 11.7 Å². The molecule has 1 fully saturated rings. The van der Waals surface area contributed by atoms with E-state index in [2.05, 4.69) is 16.0 Å². The Morgan fingerprint density at radius 1 is 1.08 bits per heavy atom. The molecule has 25 heavy (non-hydrogen) atoms. The van der Waals surface area contributed by atoms with E-state index in [1.54, 1.807) is 32.9 Å². The third-order valence-electron chi connectivity index (χ3n) is 3.44. The van der Waals surface area contributed by atoms with Crippen molar-refractivity contribution in [2.24, 2.45) is 5.92 Å². The van der Waals surface area contributed by atoms with Gasteiger partial charge in [-0.2, -0.15) is 0 Å². The summed E-state index contributed by atoms with van der Waals surface area (Å²) in [6.07, 6.45) is 1.33. The maximum absolute atomic E-state index is 11.8. The Hall–Kier alpha value is -2.57. The van der Waals surface area contributed by atoms with Gasteiger partial charge in [0, 0.05) is 18.2 Å². The molecule has 0 bridgehead atoms. The summed E-state index contributed by atoms with van der Waals surface area (Å²) in [5.41, 5.74) is 0.970. The number of carbonyl (C=O) groups excluding carboxylic acids is 3. The average Bonchev–Trinajstić information content (AvgIpc) is 3.35. The molecular weight excluding hydrogens is 322 g/mol. The van der Waals surface area contributed by atoms with Crippen LogP contribution in [-0.2, 0) is 20.9 Å². The van der Waals surface area contributed by atoms with Gasteiger partial charge in [-0.3, -0.25) is 9.59 Å². The van der Waals surface area contributed by atoms with Gasteiger partial charge in [0.15, 0.2) is 0 Å². The molecule has 0 spiro atoms. The van der Waals surface area contributed by atoms with E-state index in [1.807, 2.05) is 12.1 Å². The van der Waals surface area contributed by atoms with E-state index in [9.17, 15) is 14.4 Å². The molecule has 0 aromatic heterocycles. The van der Waals surface area contributed by atoms with Crippen LogP contribution in [0.3, 0.4) is 0 Å². The molecule has 2 rings (SSSR count). The predicted octanol–water partition coefficient (Wildman–Crippen LogP) is 2.18. The molecule has 0 saturated heterocycles. The molecular formula is C18H25N3O4. The first-order valence-electron chi connectivity index (χ1n) is 8.36. The number of nitrogens with one attached hydrogen (secondary N) is 3. The van der Waals surface area contributed by atoms with Crippen molar-refractivity contribution in [2.45, 2.75) is 45.8 Å². The Bertz CT molecular complexity index is 631. The maximum Gasteiger partial charge on any atom is 0.408 e. The van der Waals surface area contributed by atoms with Crippen molar-refractivity contribution in [1.29, 1.82) is 0 Å². The zero-order valence-corrected chi connectivity index (χ0v) is 14.8. The fourth-order valence-electron chi connectivity index (χ4n) is 2.06. The Balaban J connectivity index is 1.71. The fourth-order valence-corrected chi connectivity index (χ4v) is 2.06. The van der Waals surface area contributed by atoms with E-state index >= 15 is 0 Å². The van der Waals surface area contributed by atoms with Crippen LogP contribution >= 0.6 is 0 Å². The molecule has 1 aliphatic carbocycles. The summed E-state index contributed by atoms with van der Waals surface area (Å²) in [4.78, 5) is 34.9. The van der Waals surface area contributed by atoms with E-state index in [0.717, 1.165) is 18.4 Å². The molecule has 7 nitrogen and oxygen atoms in total. The standard InChI is InChI=1S/C18H25N3O4/c1-18(2,3)25-17(24)20-11-15(22)21-14-8-4-12(5-9-14)10-19-16(23)13-6-7-13/h4-5,8-9,13H,6-7,10-11H2,1-3H3,(H,19,23)(H,20,24)(H,21,22). The summed E-state index contributed by atoms with van der Waals surface area (Å²) in [5, 5.41) is 7.97. The SMILES string of the molecule is CC(C)(C)OC(=O)NCC(=O)Nc1ccc(CNC(=O)C2CC2)cc1. The third kappa shape index (κ3) is 7.24. The lowest BCUT2D eigenvalue weighted by molar-refractivity contribution is -0.122. The monoisotopic (exact) mass is 347 g/mol. The zero-order chi connectivity index (χ0) is 18.4.